The molecule has 1 rings (SSSR count). The van der Waals surface area contributed by atoms with Crippen LogP contribution in [0.25, 0.3) is 0 Å². The average molecular weight is 284 g/mol. The average Bonchev–Trinajstić information content (AvgIpc) is 2.41. The number of carbonyl (C=O) groups is 1. The molecule has 118 valence electrons. The molecule has 1 saturated heterocycles. The molecule has 0 aliphatic carbocycles. The largest absolute Gasteiger partial charge is 0.465 e. The molecule has 1 N–H and O–H groups in total. The second kappa shape index (κ2) is 7.99. The lowest BCUT2D eigenvalue weighted by Gasteiger charge is -2.37. The maximum absolute atomic E-state index is 12.0. The third-order valence-corrected chi connectivity index (χ3v) is 4.68. The molecule has 0 radical (unpaired) electrons. The van der Waals surface area contributed by atoms with Gasteiger partial charge in [-0.15, -0.1) is 0 Å². The number of likely N-dealkylation sites (N-methyl/N-ethyl adjacent to an activating group) is 1. The summed E-state index contributed by atoms with van der Waals surface area (Å²) in [6, 6.07) is 0.669. The minimum atomic E-state index is -0.553. The molecule has 0 aromatic carbocycles. The van der Waals surface area contributed by atoms with Crippen LogP contribution in [-0.2, 0) is 9.53 Å². The summed E-state index contributed by atoms with van der Waals surface area (Å²) in [5.41, 5.74) is -0.553. The highest BCUT2D eigenvalue weighted by Crippen LogP contribution is 2.23. The maximum atomic E-state index is 12.0. The summed E-state index contributed by atoms with van der Waals surface area (Å²) >= 11 is 0. The van der Waals surface area contributed by atoms with E-state index in [2.05, 4.69) is 24.1 Å². The van der Waals surface area contributed by atoms with Crippen molar-refractivity contribution in [2.75, 3.05) is 26.7 Å². The van der Waals surface area contributed by atoms with Gasteiger partial charge < -0.3 is 15.0 Å². The number of hydrogen-bond acceptors (Lipinski definition) is 4. The van der Waals surface area contributed by atoms with Crippen LogP contribution in [0.3, 0.4) is 0 Å². The van der Waals surface area contributed by atoms with E-state index in [1.54, 1.807) is 0 Å². The lowest BCUT2D eigenvalue weighted by atomic mass is 9.92. The van der Waals surface area contributed by atoms with Gasteiger partial charge in [-0.25, -0.2) is 0 Å². The Balaban J connectivity index is 2.39. The summed E-state index contributed by atoms with van der Waals surface area (Å²) in [5.74, 6) is 0.714. The molecule has 0 spiro atoms. The SMILES string of the molecule is CCOC(=O)C(C)(CCCN1CCC(C)CC1C)NC. The molecule has 0 amide bonds. The van der Waals surface area contributed by atoms with Gasteiger partial charge in [0.05, 0.1) is 6.61 Å². The van der Waals surface area contributed by atoms with Gasteiger partial charge in [-0.05, 0) is 72.5 Å². The van der Waals surface area contributed by atoms with E-state index in [1.165, 1.54) is 19.4 Å². The van der Waals surface area contributed by atoms with Crippen molar-refractivity contribution >= 4 is 5.97 Å². The third-order valence-electron chi connectivity index (χ3n) is 4.68. The molecule has 1 aliphatic rings. The smallest absolute Gasteiger partial charge is 0.326 e. The van der Waals surface area contributed by atoms with Gasteiger partial charge >= 0.3 is 5.97 Å². The summed E-state index contributed by atoms with van der Waals surface area (Å²) in [6.07, 6.45) is 4.43. The van der Waals surface area contributed by atoms with Gasteiger partial charge in [0.1, 0.15) is 5.54 Å². The zero-order valence-corrected chi connectivity index (χ0v) is 13.9. The Kier molecular flexibility index (Phi) is 6.96. The van der Waals surface area contributed by atoms with Gasteiger partial charge in [0.25, 0.3) is 0 Å². The minimum Gasteiger partial charge on any atom is -0.465 e. The molecule has 1 aliphatic heterocycles. The lowest BCUT2D eigenvalue weighted by Crippen LogP contribution is -2.49. The molecular weight excluding hydrogens is 252 g/mol. The predicted molar refractivity (Wildman–Crippen MR) is 82.8 cm³/mol. The molecule has 20 heavy (non-hydrogen) atoms. The molecule has 3 unspecified atom stereocenters. The Morgan fingerprint density at radius 2 is 2.15 bits per heavy atom. The number of ether oxygens (including phenoxy) is 1. The first-order valence-electron chi connectivity index (χ1n) is 8.03. The molecule has 0 saturated carbocycles. The number of rotatable bonds is 7. The first-order chi connectivity index (χ1) is 9.42. The van der Waals surface area contributed by atoms with Crippen molar-refractivity contribution in [3.8, 4) is 0 Å². The number of nitrogens with zero attached hydrogens (tertiary/aromatic N) is 1. The molecular formula is C16H32N2O2. The zero-order chi connectivity index (χ0) is 15.2. The van der Waals surface area contributed by atoms with Crippen molar-refractivity contribution in [3.05, 3.63) is 0 Å². The fourth-order valence-electron chi connectivity index (χ4n) is 3.04. The van der Waals surface area contributed by atoms with E-state index in [0.717, 1.165) is 25.3 Å². The van der Waals surface area contributed by atoms with Gasteiger partial charge in [0, 0.05) is 6.04 Å². The number of nitrogens with one attached hydrogen (secondary N) is 1. The molecule has 3 atom stereocenters. The maximum Gasteiger partial charge on any atom is 0.326 e. The molecule has 0 aromatic heterocycles. The summed E-state index contributed by atoms with van der Waals surface area (Å²) in [6.45, 7) is 11.2. The number of piperidine rings is 1. The van der Waals surface area contributed by atoms with Crippen LogP contribution < -0.4 is 5.32 Å². The van der Waals surface area contributed by atoms with Crippen molar-refractivity contribution in [3.63, 3.8) is 0 Å². The van der Waals surface area contributed by atoms with Crippen molar-refractivity contribution in [2.24, 2.45) is 5.92 Å². The van der Waals surface area contributed by atoms with Gasteiger partial charge in [-0.2, -0.15) is 0 Å². The Labute approximate surface area is 124 Å². The Bertz CT molecular complexity index is 309. The van der Waals surface area contributed by atoms with E-state index in [0.29, 0.717) is 12.6 Å². The van der Waals surface area contributed by atoms with Crippen molar-refractivity contribution in [2.45, 2.75) is 65.0 Å². The normalized spacial score (nSPS) is 27.1. The Morgan fingerprint density at radius 3 is 2.70 bits per heavy atom. The number of carbonyl (C=O) groups excluding carboxylic acids is 1. The molecule has 4 nitrogen and oxygen atoms in total. The predicted octanol–water partition coefficient (Wildman–Crippen LogP) is 2.43. The highest BCUT2D eigenvalue weighted by atomic mass is 16.5. The quantitative estimate of drug-likeness (QED) is 0.729. The highest BCUT2D eigenvalue weighted by molar-refractivity contribution is 5.80. The van der Waals surface area contributed by atoms with Crippen LogP contribution in [0.15, 0.2) is 0 Å². The van der Waals surface area contributed by atoms with Crippen LogP contribution in [0.2, 0.25) is 0 Å². The molecule has 1 fully saturated rings. The van der Waals surface area contributed by atoms with Crippen molar-refractivity contribution in [1.82, 2.24) is 10.2 Å². The van der Waals surface area contributed by atoms with Gasteiger partial charge in [-0.1, -0.05) is 6.92 Å². The lowest BCUT2D eigenvalue weighted by molar-refractivity contribution is -0.150. The van der Waals surface area contributed by atoms with Crippen LogP contribution >= 0.6 is 0 Å². The van der Waals surface area contributed by atoms with Crippen LogP contribution in [0, 0.1) is 5.92 Å². The topological polar surface area (TPSA) is 41.6 Å². The summed E-state index contributed by atoms with van der Waals surface area (Å²) < 4.78 is 5.16. The van der Waals surface area contributed by atoms with Gasteiger partial charge in [0.15, 0.2) is 0 Å². The van der Waals surface area contributed by atoms with Crippen LogP contribution in [-0.4, -0.2) is 49.2 Å². The van der Waals surface area contributed by atoms with Crippen LogP contribution in [0.1, 0.15) is 53.4 Å². The standard InChI is InChI=1S/C16H32N2O2/c1-6-20-15(19)16(4,17-5)9-7-10-18-11-8-13(2)12-14(18)3/h13-14,17H,6-12H2,1-5H3. The van der Waals surface area contributed by atoms with Crippen molar-refractivity contribution < 1.29 is 9.53 Å². The van der Waals surface area contributed by atoms with Crippen molar-refractivity contribution in [1.29, 1.82) is 0 Å². The van der Waals surface area contributed by atoms with E-state index >= 15 is 0 Å². The first-order valence-corrected chi connectivity index (χ1v) is 8.03. The fraction of sp³-hybridized carbons (Fsp3) is 0.938. The third kappa shape index (κ3) is 4.74. The molecule has 0 bridgehead atoms. The van der Waals surface area contributed by atoms with E-state index in [9.17, 15) is 4.79 Å². The molecule has 0 aromatic rings. The monoisotopic (exact) mass is 284 g/mol. The van der Waals surface area contributed by atoms with E-state index in [1.807, 2.05) is 20.9 Å². The second-order valence-electron chi connectivity index (χ2n) is 6.42. The molecule has 1 heterocycles. The van der Waals surface area contributed by atoms with Gasteiger partial charge in [0.2, 0.25) is 0 Å². The Hall–Kier alpha value is -0.610. The highest BCUT2D eigenvalue weighted by Gasteiger charge is 2.33. The number of hydrogen-bond donors (Lipinski definition) is 1. The molecule has 4 heteroatoms. The number of likely N-dealkylation sites (tertiary alicyclic amines) is 1. The van der Waals surface area contributed by atoms with Gasteiger partial charge in [-0.3, -0.25) is 4.79 Å². The summed E-state index contributed by atoms with van der Waals surface area (Å²) in [4.78, 5) is 14.5. The zero-order valence-electron chi connectivity index (χ0n) is 13.9. The summed E-state index contributed by atoms with van der Waals surface area (Å²) in [7, 11) is 1.84. The minimum absolute atomic E-state index is 0.136. The van der Waals surface area contributed by atoms with Crippen LogP contribution in [0.4, 0.5) is 0 Å². The van der Waals surface area contributed by atoms with E-state index in [4.69, 9.17) is 4.74 Å². The first kappa shape index (κ1) is 17.4. The summed E-state index contributed by atoms with van der Waals surface area (Å²) in [5, 5.41) is 3.13. The second-order valence-corrected chi connectivity index (χ2v) is 6.42. The fourth-order valence-corrected chi connectivity index (χ4v) is 3.04. The van der Waals surface area contributed by atoms with Crippen LogP contribution in [0.5, 0.6) is 0 Å². The number of esters is 1. The van der Waals surface area contributed by atoms with E-state index in [-0.39, 0.29) is 5.97 Å². The Morgan fingerprint density at radius 1 is 1.45 bits per heavy atom. The van der Waals surface area contributed by atoms with E-state index < -0.39 is 5.54 Å².